The van der Waals surface area contributed by atoms with Gasteiger partial charge in [0.15, 0.2) is 11.6 Å². The molecule has 1 rings (SSSR count). The Bertz CT molecular complexity index is 549. The second-order valence-electron chi connectivity index (χ2n) is 4.64. The molecule has 0 bridgehead atoms. The highest BCUT2D eigenvalue weighted by Gasteiger charge is 2.29. The highest BCUT2D eigenvalue weighted by atomic mass is 19.1. The fourth-order valence-electron chi connectivity index (χ4n) is 1.29. The van der Waals surface area contributed by atoms with Gasteiger partial charge in [-0.15, -0.1) is 0 Å². The molecule has 0 saturated heterocycles. The van der Waals surface area contributed by atoms with Gasteiger partial charge in [-0.2, -0.15) is 4.39 Å². The standard InChI is InChI=1S/C11H13F2N3O4/c1-11(2,10(17)15-14)5-20-9-4-6(12)8(16(18)19)3-7(9)13/h3-4H,5,14H2,1-2H3,(H,15,17). The van der Waals surface area contributed by atoms with E-state index in [0.717, 1.165) is 0 Å². The number of amides is 1. The highest BCUT2D eigenvalue weighted by Crippen LogP contribution is 2.27. The number of nitrogens with two attached hydrogens (primary N) is 1. The van der Waals surface area contributed by atoms with Crippen molar-refractivity contribution in [2.24, 2.45) is 11.3 Å². The number of nitro groups is 1. The van der Waals surface area contributed by atoms with Crippen LogP contribution in [0.2, 0.25) is 0 Å². The SMILES string of the molecule is CC(C)(COc1cc(F)c([N+](=O)[O-])cc1F)C(=O)NN. The van der Waals surface area contributed by atoms with Crippen molar-refractivity contribution in [3.05, 3.63) is 33.9 Å². The first-order valence-electron chi connectivity index (χ1n) is 5.46. The summed E-state index contributed by atoms with van der Waals surface area (Å²) in [6, 6.07) is 0.977. The summed E-state index contributed by atoms with van der Waals surface area (Å²) in [5, 5.41) is 10.4. The smallest absolute Gasteiger partial charge is 0.307 e. The maximum atomic E-state index is 13.5. The molecule has 0 aliphatic carbocycles. The molecule has 1 aromatic carbocycles. The quantitative estimate of drug-likeness (QED) is 0.367. The Balaban J connectivity index is 2.92. The maximum absolute atomic E-state index is 13.5. The molecule has 9 heteroatoms. The fraction of sp³-hybridized carbons (Fsp3) is 0.364. The Morgan fingerprint density at radius 3 is 2.55 bits per heavy atom. The molecule has 0 radical (unpaired) electrons. The van der Waals surface area contributed by atoms with E-state index >= 15 is 0 Å². The summed E-state index contributed by atoms with van der Waals surface area (Å²) in [5.41, 5.74) is -0.160. The zero-order valence-electron chi connectivity index (χ0n) is 10.8. The maximum Gasteiger partial charge on any atom is 0.307 e. The normalized spacial score (nSPS) is 11.1. The second-order valence-corrected chi connectivity index (χ2v) is 4.64. The number of hydrogen-bond donors (Lipinski definition) is 2. The molecule has 0 aliphatic heterocycles. The molecule has 0 aliphatic rings. The Kier molecular flexibility index (Phi) is 4.56. The number of hydrogen-bond acceptors (Lipinski definition) is 5. The molecule has 3 N–H and O–H groups in total. The number of nitrogens with one attached hydrogen (secondary N) is 1. The van der Waals surface area contributed by atoms with Gasteiger partial charge in [0.25, 0.3) is 0 Å². The van der Waals surface area contributed by atoms with E-state index in [9.17, 15) is 23.7 Å². The molecule has 0 heterocycles. The predicted octanol–water partition coefficient (Wildman–Crippen LogP) is 1.27. The van der Waals surface area contributed by atoms with Crippen molar-refractivity contribution < 1.29 is 23.2 Å². The summed E-state index contributed by atoms with van der Waals surface area (Å²) >= 11 is 0. The zero-order chi connectivity index (χ0) is 15.5. The molecule has 1 aromatic rings. The largest absolute Gasteiger partial charge is 0.489 e. The molecule has 20 heavy (non-hydrogen) atoms. The lowest BCUT2D eigenvalue weighted by Gasteiger charge is -2.22. The Hall–Kier alpha value is -2.29. The van der Waals surface area contributed by atoms with Crippen molar-refractivity contribution in [2.75, 3.05) is 6.61 Å². The third-order valence-corrected chi connectivity index (χ3v) is 2.53. The van der Waals surface area contributed by atoms with E-state index in [2.05, 4.69) is 0 Å². The van der Waals surface area contributed by atoms with E-state index in [0.29, 0.717) is 12.1 Å². The van der Waals surface area contributed by atoms with Crippen LogP contribution in [0.4, 0.5) is 14.5 Å². The van der Waals surface area contributed by atoms with Crippen LogP contribution in [0.3, 0.4) is 0 Å². The van der Waals surface area contributed by atoms with Gasteiger partial charge < -0.3 is 4.74 Å². The van der Waals surface area contributed by atoms with Crippen LogP contribution >= 0.6 is 0 Å². The van der Waals surface area contributed by atoms with Crippen LogP contribution in [0.15, 0.2) is 12.1 Å². The zero-order valence-corrected chi connectivity index (χ0v) is 10.8. The van der Waals surface area contributed by atoms with Crippen molar-refractivity contribution in [3.8, 4) is 5.75 Å². The summed E-state index contributed by atoms with van der Waals surface area (Å²) in [6.07, 6.45) is 0. The molecule has 0 saturated carbocycles. The summed E-state index contributed by atoms with van der Waals surface area (Å²) < 4.78 is 31.9. The van der Waals surface area contributed by atoms with Gasteiger partial charge in [-0.3, -0.25) is 20.3 Å². The number of carbonyl (C=O) groups excluding carboxylic acids is 1. The monoisotopic (exact) mass is 289 g/mol. The Morgan fingerprint density at radius 1 is 1.45 bits per heavy atom. The van der Waals surface area contributed by atoms with Crippen molar-refractivity contribution in [2.45, 2.75) is 13.8 Å². The highest BCUT2D eigenvalue weighted by molar-refractivity contribution is 5.81. The first-order valence-corrected chi connectivity index (χ1v) is 5.46. The van der Waals surface area contributed by atoms with E-state index < -0.39 is 39.3 Å². The van der Waals surface area contributed by atoms with Gasteiger partial charge in [0.2, 0.25) is 11.7 Å². The van der Waals surface area contributed by atoms with Gasteiger partial charge in [-0.1, -0.05) is 0 Å². The molecule has 110 valence electrons. The third kappa shape index (κ3) is 3.38. The Morgan fingerprint density at radius 2 is 2.05 bits per heavy atom. The van der Waals surface area contributed by atoms with Gasteiger partial charge in [-0.05, 0) is 13.8 Å². The lowest BCUT2D eigenvalue weighted by Crippen LogP contribution is -2.44. The molecular weight excluding hydrogens is 276 g/mol. The minimum absolute atomic E-state index is 0.287. The van der Waals surface area contributed by atoms with Crippen molar-refractivity contribution >= 4 is 11.6 Å². The first kappa shape index (κ1) is 15.8. The molecule has 7 nitrogen and oxygen atoms in total. The van der Waals surface area contributed by atoms with Crippen molar-refractivity contribution in [1.82, 2.24) is 5.43 Å². The first-order chi connectivity index (χ1) is 9.19. The topological polar surface area (TPSA) is 107 Å². The van der Waals surface area contributed by atoms with Gasteiger partial charge in [-0.25, -0.2) is 10.2 Å². The third-order valence-electron chi connectivity index (χ3n) is 2.53. The molecule has 0 fully saturated rings. The van der Waals surface area contributed by atoms with E-state index in [1.54, 1.807) is 0 Å². The fourth-order valence-corrected chi connectivity index (χ4v) is 1.29. The van der Waals surface area contributed by atoms with Crippen LogP contribution in [0.1, 0.15) is 13.8 Å². The number of ether oxygens (including phenoxy) is 1. The van der Waals surface area contributed by atoms with Crippen molar-refractivity contribution in [1.29, 1.82) is 0 Å². The summed E-state index contributed by atoms with van der Waals surface area (Å²) in [7, 11) is 0. The minimum Gasteiger partial charge on any atom is -0.489 e. The number of nitro benzene ring substituents is 1. The van der Waals surface area contributed by atoms with E-state index in [-0.39, 0.29) is 6.61 Å². The van der Waals surface area contributed by atoms with Crippen LogP contribution in [0, 0.1) is 27.2 Å². The van der Waals surface area contributed by atoms with E-state index in [4.69, 9.17) is 10.6 Å². The molecular formula is C11H13F2N3O4. The number of carbonyl (C=O) groups is 1. The summed E-state index contributed by atoms with van der Waals surface area (Å²) in [4.78, 5) is 20.8. The molecule has 0 unspecified atom stereocenters. The van der Waals surface area contributed by atoms with Crippen molar-refractivity contribution in [3.63, 3.8) is 0 Å². The lowest BCUT2D eigenvalue weighted by molar-refractivity contribution is -0.387. The number of nitrogens with zero attached hydrogens (tertiary/aromatic N) is 1. The van der Waals surface area contributed by atoms with Crippen LogP contribution in [0.25, 0.3) is 0 Å². The van der Waals surface area contributed by atoms with Gasteiger partial charge in [0, 0.05) is 6.07 Å². The van der Waals surface area contributed by atoms with Gasteiger partial charge in [0.05, 0.1) is 16.4 Å². The average Bonchev–Trinajstić information content (AvgIpc) is 2.37. The van der Waals surface area contributed by atoms with E-state index in [1.165, 1.54) is 13.8 Å². The van der Waals surface area contributed by atoms with Crippen LogP contribution in [-0.4, -0.2) is 17.4 Å². The molecule has 1 amide bonds. The number of benzene rings is 1. The molecule has 0 spiro atoms. The number of hydrazine groups is 1. The predicted molar refractivity (Wildman–Crippen MR) is 64.6 cm³/mol. The average molecular weight is 289 g/mol. The van der Waals surface area contributed by atoms with Gasteiger partial charge >= 0.3 is 5.69 Å². The molecule has 0 aromatic heterocycles. The van der Waals surface area contributed by atoms with Crippen LogP contribution in [-0.2, 0) is 4.79 Å². The van der Waals surface area contributed by atoms with Crippen LogP contribution < -0.4 is 16.0 Å². The van der Waals surface area contributed by atoms with E-state index in [1.807, 2.05) is 5.43 Å². The van der Waals surface area contributed by atoms with Gasteiger partial charge in [0.1, 0.15) is 6.61 Å². The van der Waals surface area contributed by atoms with Crippen LogP contribution in [0.5, 0.6) is 5.75 Å². The number of rotatable bonds is 5. The second kappa shape index (κ2) is 5.78. The summed E-state index contributed by atoms with van der Waals surface area (Å²) in [5.74, 6) is 1.57. The molecule has 0 atom stereocenters. The number of halogens is 2. The minimum atomic E-state index is -1.23. The summed E-state index contributed by atoms with van der Waals surface area (Å²) in [6.45, 7) is 2.67. The lowest BCUT2D eigenvalue weighted by atomic mass is 9.94. The Labute approximate surface area is 112 Å².